The fraction of sp³-hybridized carbons (Fsp3) is 0.125. The maximum Gasteiger partial charge on any atom is 0.224 e. The van der Waals surface area contributed by atoms with E-state index in [1.165, 1.54) is 6.33 Å². The lowest BCUT2D eigenvalue weighted by atomic mass is 10.00. The summed E-state index contributed by atoms with van der Waals surface area (Å²) in [5, 5.41) is 18.2. The molecule has 0 saturated heterocycles. The van der Waals surface area contributed by atoms with Crippen LogP contribution in [0.5, 0.6) is 5.75 Å². The van der Waals surface area contributed by atoms with Crippen molar-refractivity contribution in [1.29, 1.82) is 0 Å². The van der Waals surface area contributed by atoms with Crippen molar-refractivity contribution in [1.82, 2.24) is 24.6 Å². The van der Waals surface area contributed by atoms with Crippen LogP contribution in [0.2, 0.25) is 5.02 Å². The van der Waals surface area contributed by atoms with Gasteiger partial charge in [0.25, 0.3) is 0 Å². The zero-order valence-corrected chi connectivity index (χ0v) is 13.7. The number of nitrogens with one attached hydrogen (secondary N) is 1. The number of anilines is 1. The van der Waals surface area contributed by atoms with Crippen LogP contribution in [0.1, 0.15) is 5.56 Å². The number of hydrogen-bond donors (Lipinski definition) is 2. The molecule has 0 saturated carbocycles. The molecule has 0 aliphatic carbocycles. The Labute approximate surface area is 142 Å². The van der Waals surface area contributed by atoms with E-state index >= 15 is 0 Å². The first kappa shape index (κ1) is 14.6. The molecule has 0 atom stereocenters. The molecule has 120 valence electrons. The molecule has 2 N–H and O–H groups in total. The Balaban J connectivity index is 2.13. The molecule has 1 aromatic carbocycles. The lowest BCUT2D eigenvalue weighted by Crippen LogP contribution is -2.02. The van der Waals surface area contributed by atoms with Crippen LogP contribution in [0, 0.1) is 6.92 Å². The highest BCUT2D eigenvalue weighted by molar-refractivity contribution is 6.35. The number of phenols is 1. The minimum atomic E-state index is 0.0248. The van der Waals surface area contributed by atoms with Gasteiger partial charge in [0.2, 0.25) is 5.95 Å². The zero-order valence-electron chi connectivity index (χ0n) is 12.9. The molecular weight excluding hydrogens is 328 g/mol. The first-order valence-electron chi connectivity index (χ1n) is 7.26. The van der Waals surface area contributed by atoms with E-state index in [0.717, 1.165) is 16.5 Å². The second kappa shape index (κ2) is 5.31. The third-order valence-electron chi connectivity index (χ3n) is 3.91. The summed E-state index contributed by atoms with van der Waals surface area (Å²) in [5.41, 5.74) is 3.65. The summed E-state index contributed by atoms with van der Waals surface area (Å²) in [4.78, 5) is 13.0. The highest BCUT2D eigenvalue weighted by atomic mass is 35.5. The van der Waals surface area contributed by atoms with Gasteiger partial charge in [0.05, 0.1) is 5.02 Å². The first-order valence-corrected chi connectivity index (χ1v) is 7.63. The molecule has 0 unspecified atom stereocenters. The number of halogens is 1. The van der Waals surface area contributed by atoms with Gasteiger partial charge in [0.15, 0.2) is 11.3 Å². The number of pyridine rings is 1. The van der Waals surface area contributed by atoms with Gasteiger partial charge in [0.1, 0.15) is 12.1 Å². The number of nitrogens with zero attached hydrogens (tertiary/aromatic N) is 5. The Kier molecular flexibility index (Phi) is 3.24. The summed E-state index contributed by atoms with van der Waals surface area (Å²) >= 11 is 6.35. The number of aromatic nitrogens is 5. The summed E-state index contributed by atoms with van der Waals surface area (Å²) < 4.78 is 1.65. The Hall–Kier alpha value is -2.93. The third-order valence-corrected chi connectivity index (χ3v) is 4.29. The van der Waals surface area contributed by atoms with Gasteiger partial charge in [-0.1, -0.05) is 17.7 Å². The van der Waals surface area contributed by atoms with Gasteiger partial charge < -0.3 is 10.4 Å². The summed E-state index contributed by atoms with van der Waals surface area (Å²) in [6, 6.07) is 5.30. The fourth-order valence-corrected chi connectivity index (χ4v) is 3.06. The van der Waals surface area contributed by atoms with E-state index in [9.17, 15) is 5.11 Å². The minimum Gasteiger partial charge on any atom is -0.506 e. The molecule has 0 aliphatic rings. The SMILES string of the molecule is CNc1ncc2cc(-c3c(C)ccc(O)c3Cl)c3ncnn3c2n1. The number of aryl methyl sites for hydroxylation is 1. The van der Waals surface area contributed by atoms with Crippen molar-refractivity contribution in [2.24, 2.45) is 0 Å². The van der Waals surface area contributed by atoms with Crippen LogP contribution < -0.4 is 5.32 Å². The first-order chi connectivity index (χ1) is 11.6. The van der Waals surface area contributed by atoms with Crippen molar-refractivity contribution >= 4 is 34.2 Å². The molecule has 0 radical (unpaired) electrons. The minimum absolute atomic E-state index is 0.0248. The molecule has 3 aromatic heterocycles. The highest BCUT2D eigenvalue weighted by Gasteiger charge is 2.18. The Morgan fingerprint density at radius 1 is 1.21 bits per heavy atom. The standard InChI is InChI=1S/C16H13ClN6O/c1-8-3-4-11(24)13(17)12(8)10-5-9-6-19-16(18-2)22-14(9)23-15(10)20-7-21-23/h3-7,24H,1-2H3,(H,18,19,22). The number of phenolic OH excluding ortho intramolecular Hbond substituents is 1. The number of aromatic hydroxyl groups is 1. The van der Waals surface area contributed by atoms with E-state index in [-0.39, 0.29) is 10.8 Å². The highest BCUT2D eigenvalue weighted by Crippen LogP contribution is 2.39. The van der Waals surface area contributed by atoms with Gasteiger partial charge in [-0.15, -0.1) is 0 Å². The van der Waals surface area contributed by atoms with Gasteiger partial charge in [0, 0.05) is 29.8 Å². The van der Waals surface area contributed by atoms with E-state index in [4.69, 9.17) is 11.6 Å². The second-order valence-electron chi connectivity index (χ2n) is 5.37. The summed E-state index contributed by atoms with van der Waals surface area (Å²) in [6.45, 7) is 1.93. The number of fused-ring (bicyclic) bond motifs is 3. The zero-order chi connectivity index (χ0) is 16.8. The van der Waals surface area contributed by atoms with E-state index in [1.54, 1.807) is 23.8 Å². The molecule has 0 spiro atoms. The average molecular weight is 341 g/mol. The monoisotopic (exact) mass is 340 g/mol. The normalized spacial score (nSPS) is 11.3. The van der Waals surface area contributed by atoms with E-state index in [2.05, 4.69) is 25.4 Å². The Morgan fingerprint density at radius 3 is 2.83 bits per heavy atom. The van der Waals surface area contributed by atoms with Crippen molar-refractivity contribution in [2.75, 3.05) is 12.4 Å². The van der Waals surface area contributed by atoms with Gasteiger partial charge in [-0.25, -0.2) is 9.97 Å². The molecule has 24 heavy (non-hydrogen) atoms. The Morgan fingerprint density at radius 2 is 2.04 bits per heavy atom. The van der Waals surface area contributed by atoms with E-state index in [0.29, 0.717) is 22.8 Å². The molecule has 0 bridgehead atoms. The lowest BCUT2D eigenvalue weighted by Gasteiger charge is -2.12. The molecule has 0 amide bonds. The van der Waals surface area contributed by atoms with Crippen molar-refractivity contribution in [3.05, 3.63) is 41.3 Å². The van der Waals surface area contributed by atoms with E-state index in [1.807, 2.05) is 19.1 Å². The van der Waals surface area contributed by atoms with Gasteiger partial charge >= 0.3 is 0 Å². The van der Waals surface area contributed by atoms with Crippen LogP contribution in [0.25, 0.3) is 27.8 Å². The van der Waals surface area contributed by atoms with Crippen molar-refractivity contribution in [3.63, 3.8) is 0 Å². The Bertz CT molecular complexity index is 1090. The van der Waals surface area contributed by atoms with Crippen molar-refractivity contribution in [3.8, 4) is 16.9 Å². The molecule has 0 fully saturated rings. The van der Waals surface area contributed by atoms with Crippen molar-refractivity contribution < 1.29 is 5.11 Å². The number of benzene rings is 1. The molecule has 7 nitrogen and oxygen atoms in total. The molecular formula is C16H13ClN6O. The number of rotatable bonds is 2. The van der Waals surface area contributed by atoms with Crippen LogP contribution in [-0.2, 0) is 0 Å². The van der Waals surface area contributed by atoms with E-state index < -0.39 is 0 Å². The molecule has 3 heterocycles. The van der Waals surface area contributed by atoms with Gasteiger partial charge in [-0.3, -0.25) is 0 Å². The summed E-state index contributed by atoms with van der Waals surface area (Å²) in [5.74, 6) is 0.524. The topological polar surface area (TPSA) is 88.2 Å². The fourth-order valence-electron chi connectivity index (χ4n) is 2.75. The van der Waals surface area contributed by atoms with Crippen LogP contribution in [-0.4, -0.2) is 36.7 Å². The molecule has 4 aromatic rings. The lowest BCUT2D eigenvalue weighted by molar-refractivity contribution is 0.475. The van der Waals surface area contributed by atoms with Crippen LogP contribution in [0.15, 0.2) is 30.7 Å². The van der Waals surface area contributed by atoms with Crippen molar-refractivity contribution in [2.45, 2.75) is 6.92 Å². The molecule has 8 heteroatoms. The maximum absolute atomic E-state index is 9.98. The van der Waals surface area contributed by atoms with Gasteiger partial charge in [-0.2, -0.15) is 14.6 Å². The van der Waals surface area contributed by atoms with Crippen LogP contribution in [0.4, 0.5) is 5.95 Å². The largest absolute Gasteiger partial charge is 0.506 e. The second-order valence-corrected chi connectivity index (χ2v) is 5.74. The summed E-state index contributed by atoms with van der Waals surface area (Å²) in [7, 11) is 1.75. The van der Waals surface area contributed by atoms with Gasteiger partial charge in [-0.05, 0) is 24.6 Å². The predicted molar refractivity (Wildman–Crippen MR) is 92.5 cm³/mol. The quantitative estimate of drug-likeness (QED) is 0.583. The molecule has 0 aliphatic heterocycles. The maximum atomic E-state index is 9.98. The summed E-state index contributed by atoms with van der Waals surface area (Å²) in [6.07, 6.45) is 3.18. The van der Waals surface area contributed by atoms with Crippen LogP contribution >= 0.6 is 11.6 Å². The smallest absolute Gasteiger partial charge is 0.224 e. The van der Waals surface area contributed by atoms with Crippen LogP contribution in [0.3, 0.4) is 0 Å². The average Bonchev–Trinajstić information content (AvgIpc) is 3.08. The number of hydrogen-bond acceptors (Lipinski definition) is 6. The predicted octanol–water partition coefficient (Wildman–Crippen LogP) is 3.05. The molecule has 4 rings (SSSR count). The third kappa shape index (κ3) is 2.05.